The highest BCUT2D eigenvalue weighted by atomic mass is 16.4. The van der Waals surface area contributed by atoms with Crippen molar-refractivity contribution in [3.63, 3.8) is 0 Å². The van der Waals surface area contributed by atoms with Gasteiger partial charge in [-0.05, 0) is 26.0 Å². The van der Waals surface area contributed by atoms with Crippen LogP contribution >= 0.6 is 0 Å². The molecule has 1 atom stereocenters. The molecule has 0 aliphatic carbocycles. The molecule has 0 fully saturated rings. The van der Waals surface area contributed by atoms with Crippen LogP contribution in [-0.4, -0.2) is 27.1 Å². The minimum Gasteiger partial charge on any atom is -0.480 e. The summed E-state index contributed by atoms with van der Waals surface area (Å²) in [5.41, 5.74) is 3.67. The zero-order valence-electron chi connectivity index (χ0n) is 12.9. The molecule has 1 heterocycles. The van der Waals surface area contributed by atoms with E-state index >= 15 is 0 Å². The fourth-order valence-corrected chi connectivity index (χ4v) is 2.38. The second-order valence-electron chi connectivity index (χ2n) is 5.49. The number of aromatic nitrogens is 2. The first-order valence-electron chi connectivity index (χ1n) is 7.38. The van der Waals surface area contributed by atoms with Gasteiger partial charge < -0.3 is 10.4 Å². The molecule has 3 rings (SSSR count). The van der Waals surface area contributed by atoms with Crippen molar-refractivity contribution in [3.8, 4) is 11.3 Å². The van der Waals surface area contributed by atoms with Gasteiger partial charge in [-0.2, -0.15) is 0 Å². The van der Waals surface area contributed by atoms with E-state index in [0.717, 1.165) is 27.7 Å². The minimum atomic E-state index is -0.945. The van der Waals surface area contributed by atoms with Crippen LogP contribution in [0.25, 0.3) is 22.2 Å². The smallest absolute Gasteiger partial charge is 0.325 e. The van der Waals surface area contributed by atoms with Gasteiger partial charge >= 0.3 is 5.97 Å². The van der Waals surface area contributed by atoms with Gasteiger partial charge in [-0.3, -0.25) is 4.79 Å². The molecule has 5 nitrogen and oxygen atoms in total. The van der Waals surface area contributed by atoms with Gasteiger partial charge in [0.1, 0.15) is 6.04 Å². The lowest BCUT2D eigenvalue weighted by atomic mass is 10.0. The molecular weight excluding hydrogens is 290 g/mol. The highest BCUT2D eigenvalue weighted by Crippen LogP contribution is 2.28. The van der Waals surface area contributed by atoms with Crippen molar-refractivity contribution >= 4 is 22.8 Å². The van der Waals surface area contributed by atoms with Crippen LogP contribution < -0.4 is 5.32 Å². The third-order valence-corrected chi connectivity index (χ3v) is 3.61. The normalized spacial score (nSPS) is 12.1. The van der Waals surface area contributed by atoms with Crippen LogP contribution in [0.2, 0.25) is 0 Å². The molecule has 0 radical (unpaired) electrons. The molecule has 2 aromatic carbocycles. The monoisotopic (exact) mass is 307 g/mol. The maximum atomic E-state index is 11.0. The summed E-state index contributed by atoms with van der Waals surface area (Å²) in [4.78, 5) is 20.0. The molecule has 5 heteroatoms. The number of anilines is 1. The Bertz CT molecular complexity index is 863. The van der Waals surface area contributed by atoms with E-state index in [4.69, 9.17) is 5.11 Å². The summed E-state index contributed by atoms with van der Waals surface area (Å²) >= 11 is 0. The number of nitrogens with one attached hydrogen (secondary N) is 1. The Hall–Kier alpha value is -2.95. The molecule has 0 saturated heterocycles. The maximum Gasteiger partial charge on any atom is 0.325 e. The molecule has 116 valence electrons. The van der Waals surface area contributed by atoms with Crippen LogP contribution in [0.15, 0.2) is 48.5 Å². The Morgan fingerprint density at radius 3 is 2.57 bits per heavy atom. The number of rotatable bonds is 4. The Morgan fingerprint density at radius 2 is 1.87 bits per heavy atom. The summed E-state index contributed by atoms with van der Waals surface area (Å²) in [5, 5.41) is 12.8. The molecule has 0 bridgehead atoms. The number of carboxylic acid groups (broad SMARTS) is 1. The molecule has 1 aromatic heterocycles. The fourth-order valence-electron chi connectivity index (χ4n) is 2.38. The van der Waals surface area contributed by atoms with Gasteiger partial charge in [-0.1, -0.05) is 42.0 Å². The predicted molar refractivity (Wildman–Crippen MR) is 90.4 cm³/mol. The molecule has 0 amide bonds. The van der Waals surface area contributed by atoms with E-state index in [9.17, 15) is 4.79 Å². The number of fused-ring (bicyclic) bond motifs is 1. The van der Waals surface area contributed by atoms with Gasteiger partial charge in [-0.25, -0.2) is 9.97 Å². The van der Waals surface area contributed by atoms with E-state index < -0.39 is 12.0 Å². The third-order valence-electron chi connectivity index (χ3n) is 3.61. The molecule has 0 aliphatic heterocycles. The van der Waals surface area contributed by atoms with Crippen molar-refractivity contribution in [2.75, 3.05) is 5.32 Å². The minimum absolute atomic E-state index is 0.315. The first kappa shape index (κ1) is 15.0. The van der Waals surface area contributed by atoms with Crippen LogP contribution in [-0.2, 0) is 4.79 Å². The molecule has 23 heavy (non-hydrogen) atoms. The first-order chi connectivity index (χ1) is 11.0. The van der Waals surface area contributed by atoms with Crippen molar-refractivity contribution < 1.29 is 9.90 Å². The predicted octanol–water partition coefficient (Wildman–Crippen LogP) is 3.49. The maximum absolute atomic E-state index is 11.0. The third kappa shape index (κ3) is 3.13. The first-order valence-corrected chi connectivity index (χ1v) is 7.38. The Morgan fingerprint density at radius 1 is 1.13 bits per heavy atom. The molecule has 0 unspecified atom stereocenters. The van der Waals surface area contributed by atoms with Crippen molar-refractivity contribution in [3.05, 3.63) is 54.1 Å². The lowest BCUT2D eigenvalue weighted by molar-refractivity contribution is -0.137. The van der Waals surface area contributed by atoms with Crippen LogP contribution in [0.4, 0.5) is 5.95 Å². The quantitative estimate of drug-likeness (QED) is 0.771. The zero-order valence-corrected chi connectivity index (χ0v) is 12.9. The van der Waals surface area contributed by atoms with Crippen molar-refractivity contribution in [2.24, 2.45) is 0 Å². The van der Waals surface area contributed by atoms with E-state index in [1.54, 1.807) is 6.92 Å². The van der Waals surface area contributed by atoms with E-state index in [-0.39, 0.29) is 0 Å². The number of aliphatic carboxylic acids is 1. The largest absolute Gasteiger partial charge is 0.480 e. The number of nitrogens with zero attached hydrogens (tertiary/aromatic N) is 2. The zero-order chi connectivity index (χ0) is 16.4. The molecule has 0 saturated carbocycles. The number of carbonyl (C=O) groups is 1. The Labute approximate surface area is 134 Å². The molecule has 2 N–H and O–H groups in total. The van der Waals surface area contributed by atoms with E-state index in [1.807, 2.05) is 55.5 Å². The number of hydrogen-bond acceptors (Lipinski definition) is 4. The van der Waals surface area contributed by atoms with Crippen LogP contribution in [0.3, 0.4) is 0 Å². The fraction of sp³-hybridized carbons (Fsp3) is 0.167. The summed E-state index contributed by atoms with van der Waals surface area (Å²) in [6, 6.07) is 15.0. The molecule has 0 aliphatic rings. The molecule has 0 spiro atoms. The average Bonchev–Trinajstić information content (AvgIpc) is 2.55. The molecule has 3 aromatic rings. The number of hydrogen-bond donors (Lipinski definition) is 2. The highest BCUT2D eigenvalue weighted by molar-refractivity contribution is 5.93. The van der Waals surface area contributed by atoms with Gasteiger partial charge in [0.15, 0.2) is 0 Å². The van der Waals surface area contributed by atoms with Crippen LogP contribution in [0.5, 0.6) is 0 Å². The summed E-state index contributed by atoms with van der Waals surface area (Å²) in [7, 11) is 0. The Balaban J connectivity index is 2.18. The van der Waals surface area contributed by atoms with E-state index in [0.29, 0.717) is 5.95 Å². The second-order valence-corrected chi connectivity index (χ2v) is 5.49. The summed E-state index contributed by atoms with van der Waals surface area (Å²) in [5.74, 6) is -0.631. The van der Waals surface area contributed by atoms with Gasteiger partial charge in [0.25, 0.3) is 0 Å². The second kappa shape index (κ2) is 6.04. The number of carboxylic acids is 1. The van der Waals surface area contributed by atoms with Crippen LogP contribution in [0.1, 0.15) is 12.5 Å². The van der Waals surface area contributed by atoms with E-state index in [2.05, 4.69) is 15.3 Å². The SMILES string of the molecule is Cc1ccc2nc(N[C@@H](C)C(=O)O)nc(-c3ccccc3)c2c1. The van der Waals surface area contributed by atoms with E-state index in [1.165, 1.54) is 0 Å². The summed E-state index contributed by atoms with van der Waals surface area (Å²) in [6.45, 7) is 3.58. The highest BCUT2D eigenvalue weighted by Gasteiger charge is 2.15. The van der Waals surface area contributed by atoms with Crippen molar-refractivity contribution in [2.45, 2.75) is 19.9 Å². The summed E-state index contributed by atoms with van der Waals surface area (Å²) in [6.07, 6.45) is 0. The molecular formula is C18H17N3O2. The van der Waals surface area contributed by atoms with Crippen LogP contribution in [0, 0.1) is 6.92 Å². The Kier molecular flexibility index (Phi) is 3.93. The van der Waals surface area contributed by atoms with Crippen molar-refractivity contribution in [1.29, 1.82) is 0 Å². The van der Waals surface area contributed by atoms with Gasteiger partial charge in [0.05, 0.1) is 11.2 Å². The summed E-state index contributed by atoms with van der Waals surface area (Å²) < 4.78 is 0. The van der Waals surface area contributed by atoms with Gasteiger partial charge in [0, 0.05) is 10.9 Å². The van der Waals surface area contributed by atoms with Crippen molar-refractivity contribution in [1.82, 2.24) is 9.97 Å². The lowest BCUT2D eigenvalue weighted by Gasteiger charge is -2.13. The van der Waals surface area contributed by atoms with Gasteiger partial charge in [0.2, 0.25) is 5.95 Å². The van der Waals surface area contributed by atoms with Gasteiger partial charge in [-0.15, -0.1) is 0 Å². The topological polar surface area (TPSA) is 75.1 Å². The lowest BCUT2D eigenvalue weighted by Crippen LogP contribution is -2.26. The average molecular weight is 307 g/mol. The number of benzene rings is 2. The standard InChI is InChI=1S/C18H17N3O2/c1-11-8-9-15-14(10-11)16(13-6-4-3-5-7-13)21-18(20-15)19-12(2)17(22)23/h3-10,12H,1-2H3,(H,22,23)(H,19,20,21)/t12-/m0/s1. The number of aryl methyl sites for hydroxylation is 1.